The van der Waals surface area contributed by atoms with E-state index in [0.717, 1.165) is 0 Å². The van der Waals surface area contributed by atoms with Gasteiger partial charge in [0.25, 0.3) is 0 Å². The molecule has 0 radical (unpaired) electrons. The van der Waals surface area contributed by atoms with Gasteiger partial charge in [-0.3, -0.25) is 0 Å². The van der Waals surface area contributed by atoms with Crippen LogP contribution in [-0.4, -0.2) is 23.9 Å². The zero-order valence-electron chi connectivity index (χ0n) is 4.67. The van der Waals surface area contributed by atoms with Crippen LogP contribution in [0.5, 0.6) is 0 Å². The largest absolute Gasteiger partial charge is 0.389 e. The molecule has 52 valence electrons. The summed E-state index contributed by atoms with van der Waals surface area (Å²) in [6.07, 6.45) is -2.19. The summed E-state index contributed by atoms with van der Waals surface area (Å²) in [7, 11) is 0. The number of alkyl halides is 1. The van der Waals surface area contributed by atoms with E-state index >= 15 is 0 Å². The van der Waals surface area contributed by atoms with E-state index < -0.39 is 12.3 Å². The number of hydrogen-bond acceptors (Lipinski definition) is 2. The molecular formula is C4H11ClFNO. The molecular weight excluding hydrogens is 133 g/mol. The van der Waals surface area contributed by atoms with Crippen LogP contribution in [0.2, 0.25) is 0 Å². The van der Waals surface area contributed by atoms with E-state index in [2.05, 4.69) is 0 Å². The fourth-order valence-corrected chi connectivity index (χ4v) is 0.188. The maximum absolute atomic E-state index is 11.8. The summed E-state index contributed by atoms with van der Waals surface area (Å²) in [5, 5.41) is 8.44. The minimum Gasteiger partial charge on any atom is -0.389 e. The van der Waals surface area contributed by atoms with Crippen LogP contribution in [0, 0.1) is 0 Å². The Labute approximate surface area is 54.3 Å². The quantitative estimate of drug-likeness (QED) is 0.576. The van der Waals surface area contributed by atoms with Crippen molar-refractivity contribution in [3.8, 4) is 0 Å². The van der Waals surface area contributed by atoms with Gasteiger partial charge in [0, 0.05) is 6.54 Å². The first-order valence-corrected chi connectivity index (χ1v) is 2.20. The van der Waals surface area contributed by atoms with Gasteiger partial charge in [-0.2, -0.15) is 0 Å². The summed E-state index contributed by atoms with van der Waals surface area (Å²) in [6, 6.07) is 0. The van der Waals surface area contributed by atoms with E-state index in [4.69, 9.17) is 10.8 Å². The van der Waals surface area contributed by atoms with Gasteiger partial charge in [0.2, 0.25) is 0 Å². The molecule has 0 aromatic heterocycles. The second kappa shape index (κ2) is 5.28. The van der Waals surface area contributed by atoms with Gasteiger partial charge in [-0.05, 0) is 6.92 Å². The smallest absolute Gasteiger partial charge is 0.124 e. The summed E-state index contributed by atoms with van der Waals surface area (Å²) in [5.74, 6) is 0. The molecule has 0 amide bonds. The van der Waals surface area contributed by atoms with Gasteiger partial charge in [0.05, 0.1) is 6.10 Å². The third-order valence-corrected chi connectivity index (χ3v) is 0.772. The average Bonchev–Trinajstić information content (AvgIpc) is 1.65. The van der Waals surface area contributed by atoms with Gasteiger partial charge in [0.1, 0.15) is 6.17 Å². The van der Waals surface area contributed by atoms with Crippen LogP contribution in [0.25, 0.3) is 0 Å². The number of nitrogens with two attached hydrogens (primary N) is 1. The van der Waals surface area contributed by atoms with Crippen molar-refractivity contribution >= 4 is 12.4 Å². The molecule has 0 saturated carbocycles. The molecule has 0 spiro atoms. The van der Waals surface area contributed by atoms with Crippen molar-refractivity contribution in [2.75, 3.05) is 6.54 Å². The highest BCUT2D eigenvalue weighted by Crippen LogP contribution is 1.92. The molecule has 0 aromatic rings. The summed E-state index contributed by atoms with van der Waals surface area (Å²) < 4.78 is 11.8. The van der Waals surface area contributed by atoms with Crippen molar-refractivity contribution in [1.82, 2.24) is 0 Å². The molecule has 0 rings (SSSR count). The monoisotopic (exact) mass is 143 g/mol. The number of hydrogen-bond donors (Lipinski definition) is 2. The highest BCUT2D eigenvalue weighted by atomic mass is 35.5. The first-order chi connectivity index (χ1) is 3.18. The van der Waals surface area contributed by atoms with Crippen LogP contribution in [0.3, 0.4) is 0 Å². The molecule has 0 heterocycles. The first-order valence-electron chi connectivity index (χ1n) is 2.20. The lowest BCUT2D eigenvalue weighted by atomic mass is 10.2. The Balaban J connectivity index is 0. The van der Waals surface area contributed by atoms with Gasteiger partial charge in [-0.1, -0.05) is 0 Å². The van der Waals surface area contributed by atoms with Crippen LogP contribution in [0.15, 0.2) is 0 Å². The van der Waals surface area contributed by atoms with Crippen LogP contribution >= 0.6 is 12.4 Å². The van der Waals surface area contributed by atoms with Crippen molar-refractivity contribution in [3.05, 3.63) is 0 Å². The van der Waals surface area contributed by atoms with Gasteiger partial charge < -0.3 is 10.8 Å². The van der Waals surface area contributed by atoms with Crippen molar-refractivity contribution in [2.45, 2.75) is 19.2 Å². The van der Waals surface area contributed by atoms with Gasteiger partial charge in [-0.15, -0.1) is 12.4 Å². The molecule has 0 bridgehead atoms. The second-order valence-electron chi connectivity index (χ2n) is 1.48. The fourth-order valence-electron chi connectivity index (χ4n) is 0.188. The van der Waals surface area contributed by atoms with Crippen LogP contribution in [0.4, 0.5) is 4.39 Å². The molecule has 0 saturated heterocycles. The zero-order valence-corrected chi connectivity index (χ0v) is 5.49. The number of halogens is 2. The molecule has 0 fully saturated rings. The third kappa shape index (κ3) is 4.30. The van der Waals surface area contributed by atoms with Gasteiger partial charge in [0.15, 0.2) is 0 Å². The molecule has 0 aliphatic carbocycles. The Morgan fingerprint density at radius 1 is 1.75 bits per heavy atom. The molecule has 0 aromatic carbocycles. The minimum absolute atomic E-state index is 0. The number of rotatable bonds is 2. The predicted molar refractivity (Wildman–Crippen MR) is 32.9 cm³/mol. The molecule has 2 nitrogen and oxygen atoms in total. The topological polar surface area (TPSA) is 46.2 Å². The van der Waals surface area contributed by atoms with E-state index in [-0.39, 0.29) is 19.0 Å². The van der Waals surface area contributed by atoms with Gasteiger partial charge >= 0.3 is 0 Å². The van der Waals surface area contributed by atoms with Crippen molar-refractivity contribution in [1.29, 1.82) is 0 Å². The highest BCUT2D eigenvalue weighted by molar-refractivity contribution is 5.85. The lowest BCUT2D eigenvalue weighted by Gasteiger charge is -2.05. The normalized spacial score (nSPS) is 16.5. The maximum Gasteiger partial charge on any atom is 0.124 e. The number of aliphatic hydroxyl groups is 1. The van der Waals surface area contributed by atoms with Crippen molar-refractivity contribution in [3.63, 3.8) is 0 Å². The highest BCUT2D eigenvalue weighted by Gasteiger charge is 2.08. The van der Waals surface area contributed by atoms with Gasteiger partial charge in [-0.25, -0.2) is 4.39 Å². The standard InChI is InChI=1S/C4H10FNO.ClH/c1-3(5)4(7)2-6;/h3-4,7H,2,6H2,1H3;1H. The molecule has 2 atom stereocenters. The molecule has 2 unspecified atom stereocenters. The summed E-state index contributed by atoms with van der Waals surface area (Å²) in [6.45, 7) is 1.27. The molecule has 4 heteroatoms. The lowest BCUT2D eigenvalue weighted by Crippen LogP contribution is -2.27. The Morgan fingerprint density at radius 2 is 2.12 bits per heavy atom. The second-order valence-corrected chi connectivity index (χ2v) is 1.48. The summed E-state index contributed by atoms with van der Waals surface area (Å²) in [4.78, 5) is 0. The lowest BCUT2D eigenvalue weighted by molar-refractivity contribution is 0.0952. The zero-order chi connectivity index (χ0) is 5.86. The average molecular weight is 144 g/mol. The van der Waals surface area contributed by atoms with E-state index in [1.54, 1.807) is 0 Å². The van der Waals surface area contributed by atoms with Crippen molar-refractivity contribution in [2.24, 2.45) is 5.73 Å². The van der Waals surface area contributed by atoms with E-state index in [0.29, 0.717) is 0 Å². The number of aliphatic hydroxyl groups excluding tert-OH is 1. The summed E-state index contributed by atoms with van der Waals surface area (Å²) >= 11 is 0. The Bertz CT molecular complexity index is 53.3. The Hall–Kier alpha value is 0.140. The van der Waals surface area contributed by atoms with E-state index in [1.165, 1.54) is 6.92 Å². The SMILES string of the molecule is CC(F)C(O)CN.Cl. The van der Waals surface area contributed by atoms with Crippen LogP contribution in [0.1, 0.15) is 6.92 Å². The summed E-state index contributed by atoms with van der Waals surface area (Å²) in [5.41, 5.74) is 4.88. The minimum atomic E-state index is -1.20. The molecule has 8 heavy (non-hydrogen) atoms. The third-order valence-electron chi connectivity index (χ3n) is 0.772. The molecule has 0 aliphatic heterocycles. The van der Waals surface area contributed by atoms with Crippen LogP contribution in [-0.2, 0) is 0 Å². The maximum atomic E-state index is 11.8. The van der Waals surface area contributed by atoms with E-state index in [1.807, 2.05) is 0 Å². The molecule has 3 N–H and O–H groups in total. The first kappa shape index (κ1) is 11.0. The molecule has 0 aliphatic rings. The van der Waals surface area contributed by atoms with Crippen LogP contribution < -0.4 is 5.73 Å². The fraction of sp³-hybridized carbons (Fsp3) is 1.00. The predicted octanol–water partition coefficient (Wildman–Crippen LogP) is 0.0858. The Kier molecular flexibility index (Phi) is 7.26. The van der Waals surface area contributed by atoms with E-state index in [9.17, 15) is 4.39 Å². The Morgan fingerprint density at radius 3 is 2.12 bits per heavy atom. The van der Waals surface area contributed by atoms with Crippen molar-refractivity contribution < 1.29 is 9.50 Å².